The molecule has 5 nitrogen and oxygen atoms in total. The highest BCUT2D eigenvalue weighted by molar-refractivity contribution is 6.14. The number of benzene rings is 4. The van der Waals surface area contributed by atoms with Gasteiger partial charge in [-0.05, 0) is 84.0 Å². The lowest BCUT2D eigenvalue weighted by Gasteiger charge is -2.19. The Morgan fingerprint density at radius 1 is 0.513 bits per heavy atom. The fraction of sp³-hybridized carbons (Fsp3) is 0.118. The number of aromatic nitrogens is 4. The predicted octanol–water partition coefficient (Wildman–Crippen LogP) is 7.58. The van der Waals surface area contributed by atoms with Gasteiger partial charge < -0.3 is 4.74 Å². The molecule has 39 heavy (non-hydrogen) atoms. The molecule has 10 rings (SSSR count). The van der Waals surface area contributed by atoms with Crippen LogP contribution in [0.15, 0.2) is 85.2 Å². The lowest BCUT2D eigenvalue weighted by atomic mass is 9.97. The van der Waals surface area contributed by atoms with E-state index in [2.05, 4.69) is 81.6 Å². The summed E-state index contributed by atoms with van der Waals surface area (Å²) in [6, 6.07) is 26.2. The van der Waals surface area contributed by atoms with E-state index in [4.69, 9.17) is 14.7 Å². The van der Waals surface area contributed by atoms with Crippen molar-refractivity contribution < 1.29 is 4.74 Å². The maximum absolute atomic E-state index is 6.53. The van der Waals surface area contributed by atoms with Crippen molar-refractivity contribution in [3.8, 4) is 11.5 Å². The minimum atomic E-state index is 0.810. The van der Waals surface area contributed by atoms with Crippen LogP contribution >= 0.6 is 0 Å². The first-order chi connectivity index (χ1) is 19.3. The molecule has 8 aromatic rings. The van der Waals surface area contributed by atoms with Gasteiger partial charge in [-0.1, -0.05) is 36.4 Å². The summed E-state index contributed by atoms with van der Waals surface area (Å²) in [4.78, 5) is 9.73. The van der Waals surface area contributed by atoms with Gasteiger partial charge in [-0.3, -0.25) is 8.80 Å². The zero-order valence-corrected chi connectivity index (χ0v) is 21.1. The smallest absolute Gasteiger partial charge is 0.145 e. The number of pyridine rings is 2. The summed E-state index contributed by atoms with van der Waals surface area (Å²) in [5.41, 5.74) is 9.97. The average molecular weight is 503 g/mol. The molecule has 0 N–H and O–H groups in total. The number of aryl methyl sites for hydroxylation is 4. The number of imidazole rings is 2. The van der Waals surface area contributed by atoms with Gasteiger partial charge in [0.1, 0.15) is 22.8 Å². The summed E-state index contributed by atoms with van der Waals surface area (Å²) in [7, 11) is 0. The maximum Gasteiger partial charge on any atom is 0.145 e. The first-order valence-corrected chi connectivity index (χ1v) is 13.7. The van der Waals surface area contributed by atoms with Crippen molar-refractivity contribution in [1.82, 2.24) is 18.8 Å². The molecule has 0 aliphatic carbocycles. The van der Waals surface area contributed by atoms with E-state index in [1.807, 2.05) is 12.4 Å². The highest BCUT2D eigenvalue weighted by Gasteiger charge is 2.21. The van der Waals surface area contributed by atoms with Crippen LogP contribution in [0, 0.1) is 0 Å². The van der Waals surface area contributed by atoms with E-state index in [0.717, 1.165) is 59.2 Å². The van der Waals surface area contributed by atoms with E-state index in [1.165, 1.54) is 55.1 Å². The Balaban J connectivity index is 1.18. The SMILES string of the molecule is c1cc2c3c(c1)c1ccc(Oc4ccc5c(c4)c4ncc6n4c4c(cccc54)CC6)cc1c1ncc(n13)CC2. The topological polar surface area (TPSA) is 43.8 Å². The van der Waals surface area contributed by atoms with Crippen LogP contribution in [0.3, 0.4) is 0 Å². The van der Waals surface area contributed by atoms with Crippen LogP contribution in [0.4, 0.5) is 0 Å². The standard InChI is InChI=1S/C34H22N4O/c1-3-19-7-9-21-17-35-33-29-15-23(11-13-25(29)27(5-1)31(19)37(21)33)39-24-12-14-26-28-6-2-4-20-8-10-22-18-36-34(30(26)16-24)38(22)32(20)28/h1-6,11-18H,7-10H2. The zero-order chi connectivity index (χ0) is 25.2. The normalized spacial score (nSPS) is 14.3. The third-order valence-corrected chi connectivity index (χ3v) is 8.94. The van der Waals surface area contributed by atoms with E-state index in [9.17, 15) is 0 Å². The zero-order valence-electron chi connectivity index (χ0n) is 21.1. The number of rotatable bonds is 2. The minimum absolute atomic E-state index is 0.810. The largest absolute Gasteiger partial charge is 0.457 e. The molecule has 0 atom stereocenters. The summed E-state index contributed by atoms with van der Waals surface area (Å²) in [5, 5.41) is 7.21. The molecule has 0 radical (unpaired) electrons. The molecule has 5 heteroatoms. The number of para-hydroxylation sites is 2. The van der Waals surface area contributed by atoms with Gasteiger partial charge in [0.15, 0.2) is 0 Å². The van der Waals surface area contributed by atoms with Crippen LogP contribution in [-0.4, -0.2) is 18.8 Å². The van der Waals surface area contributed by atoms with Crippen molar-refractivity contribution in [2.75, 3.05) is 0 Å². The summed E-state index contributed by atoms with van der Waals surface area (Å²) in [6.45, 7) is 0. The van der Waals surface area contributed by atoms with Crippen molar-refractivity contribution in [1.29, 1.82) is 0 Å². The van der Waals surface area contributed by atoms with Gasteiger partial charge in [0, 0.05) is 45.3 Å². The Morgan fingerprint density at radius 3 is 1.54 bits per heavy atom. The summed E-state index contributed by atoms with van der Waals surface area (Å²) in [5.74, 6) is 1.62. The molecule has 0 fully saturated rings. The molecule has 6 heterocycles. The second-order valence-corrected chi connectivity index (χ2v) is 11.0. The predicted molar refractivity (Wildman–Crippen MR) is 155 cm³/mol. The van der Waals surface area contributed by atoms with E-state index in [1.54, 1.807) is 0 Å². The third-order valence-electron chi connectivity index (χ3n) is 8.94. The second-order valence-electron chi connectivity index (χ2n) is 11.0. The van der Waals surface area contributed by atoms with Gasteiger partial charge >= 0.3 is 0 Å². The Morgan fingerprint density at radius 2 is 1.03 bits per heavy atom. The minimum Gasteiger partial charge on any atom is -0.457 e. The van der Waals surface area contributed by atoms with Crippen LogP contribution < -0.4 is 4.74 Å². The monoisotopic (exact) mass is 502 g/mol. The highest BCUT2D eigenvalue weighted by Crippen LogP contribution is 2.39. The van der Waals surface area contributed by atoms with Crippen LogP contribution in [-0.2, 0) is 25.7 Å². The molecule has 0 saturated carbocycles. The van der Waals surface area contributed by atoms with E-state index < -0.39 is 0 Å². The molecule has 0 amide bonds. The van der Waals surface area contributed by atoms with Gasteiger partial charge in [0.05, 0.1) is 11.0 Å². The summed E-state index contributed by atoms with van der Waals surface area (Å²) in [6.07, 6.45) is 8.24. The molecule has 4 aromatic heterocycles. The van der Waals surface area contributed by atoms with Crippen molar-refractivity contribution in [3.05, 3.63) is 108 Å². The Labute approximate surface area is 222 Å². The van der Waals surface area contributed by atoms with Gasteiger partial charge in [-0.15, -0.1) is 0 Å². The van der Waals surface area contributed by atoms with Crippen LogP contribution in [0.1, 0.15) is 22.5 Å². The average Bonchev–Trinajstić information content (AvgIpc) is 3.62. The van der Waals surface area contributed by atoms with Gasteiger partial charge in [-0.2, -0.15) is 0 Å². The first kappa shape index (κ1) is 20.1. The van der Waals surface area contributed by atoms with E-state index >= 15 is 0 Å². The lowest BCUT2D eigenvalue weighted by molar-refractivity contribution is 0.484. The van der Waals surface area contributed by atoms with Crippen LogP contribution in [0.5, 0.6) is 11.5 Å². The quantitative estimate of drug-likeness (QED) is 0.229. The Hall–Kier alpha value is -4.90. The van der Waals surface area contributed by atoms with E-state index in [0.29, 0.717) is 0 Å². The van der Waals surface area contributed by atoms with Crippen LogP contribution in [0.2, 0.25) is 0 Å². The molecule has 2 aliphatic rings. The van der Waals surface area contributed by atoms with Crippen molar-refractivity contribution in [2.24, 2.45) is 0 Å². The third kappa shape index (κ3) is 2.50. The molecule has 2 aliphatic heterocycles. The van der Waals surface area contributed by atoms with Gasteiger partial charge in [0.2, 0.25) is 0 Å². The molecular formula is C34H22N4O. The Bertz CT molecular complexity index is 2210. The molecule has 184 valence electrons. The second kappa shape index (κ2) is 6.94. The molecule has 0 bridgehead atoms. The number of fused-ring (bicyclic) bond motifs is 6. The summed E-state index contributed by atoms with van der Waals surface area (Å²) < 4.78 is 11.2. The first-order valence-electron chi connectivity index (χ1n) is 13.7. The van der Waals surface area contributed by atoms with Crippen molar-refractivity contribution in [2.45, 2.75) is 25.7 Å². The number of hydrogen-bond acceptors (Lipinski definition) is 3. The molecular weight excluding hydrogens is 480 g/mol. The highest BCUT2D eigenvalue weighted by atomic mass is 16.5. The fourth-order valence-corrected chi connectivity index (χ4v) is 7.23. The van der Waals surface area contributed by atoms with E-state index in [-0.39, 0.29) is 0 Å². The summed E-state index contributed by atoms with van der Waals surface area (Å²) >= 11 is 0. The fourth-order valence-electron chi connectivity index (χ4n) is 7.23. The van der Waals surface area contributed by atoms with Gasteiger partial charge in [0.25, 0.3) is 0 Å². The maximum atomic E-state index is 6.53. The molecule has 0 unspecified atom stereocenters. The molecule has 4 aromatic carbocycles. The molecule has 0 saturated heterocycles. The van der Waals surface area contributed by atoms with Crippen LogP contribution in [0.25, 0.3) is 54.6 Å². The number of ether oxygens (including phenoxy) is 1. The van der Waals surface area contributed by atoms with Crippen molar-refractivity contribution >= 4 is 54.6 Å². The lowest BCUT2D eigenvalue weighted by Crippen LogP contribution is -2.07. The van der Waals surface area contributed by atoms with Crippen molar-refractivity contribution in [3.63, 3.8) is 0 Å². The number of nitrogens with zero attached hydrogens (tertiary/aromatic N) is 4. The molecule has 0 spiro atoms. The number of hydrogen-bond donors (Lipinski definition) is 0. The Kier molecular flexibility index (Phi) is 3.58. The van der Waals surface area contributed by atoms with Gasteiger partial charge in [-0.25, -0.2) is 9.97 Å².